The highest BCUT2D eigenvalue weighted by Crippen LogP contribution is 2.21. The topological polar surface area (TPSA) is 52.6 Å². The molecule has 0 aromatic heterocycles. The van der Waals surface area contributed by atoms with Crippen LogP contribution in [0.15, 0.2) is 99.2 Å². The first-order chi connectivity index (χ1) is 18.1. The lowest BCUT2D eigenvalue weighted by molar-refractivity contribution is 0.0264. The Morgan fingerprint density at radius 3 is 1.08 bits per heavy atom. The van der Waals surface area contributed by atoms with Crippen molar-refractivity contribution in [2.24, 2.45) is 0 Å². The van der Waals surface area contributed by atoms with Gasteiger partial charge in [0.15, 0.2) is 0 Å². The molecule has 2 rings (SSSR count). The van der Waals surface area contributed by atoms with Crippen LogP contribution in [0, 0.1) is 0 Å². The highest BCUT2D eigenvalue weighted by Gasteiger charge is 2.16. The fraction of sp³-hybridized carbons (Fsp3) is 0.353. The number of benzene rings is 2. The summed E-state index contributed by atoms with van der Waals surface area (Å²) in [5.41, 5.74) is 3.00. The molecule has 2 aromatic rings. The smallest absolute Gasteiger partial charge is 0.338 e. The van der Waals surface area contributed by atoms with Crippen LogP contribution < -0.4 is 0 Å². The number of allylic oxidation sites excluding steroid dienone is 4. The molecule has 2 aromatic carbocycles. The summed E-state index contributed by atoms with van der Waals surface area (Å²) in [6, 6.07) is 14.8. The van der Waals surface area contributed by atoms with Crippen molar-refractivity contribution in [2.45, 2.75) is 67.2 Å². The summed E-state index contributed by atoms with van der Waals surface area (Å²) >= 11 is 0. The fourth-order valence-corrected chi connectivity index (χ4v) is 2.80. The van der Waals surface area contributed by atoms with Crippen molar-refractivity contribution >= 4 is 11.9 Å². The summed E-state index contributed by atoms with van der Waals surface area (Å²) in [4.78, 5) is 24.5. The Balaban J connectivity index is -0.000000867. The molecule has 0 unspecified atom stereocenters. The lowest BCUT2D eigenvalue weighted by Gasteiger charge is -2.13. The first-order valence-electron chi connectivity index (χ1n) is 12.9. The van der Waals surface area contributed by atoms with Crippen molar-refractivity contribution in [3.63, 3.8) is 0 Å². The maximum absolute atomic E-state index is 12.3. The van der Waals surface area contributed by atoms with E-state index in [1.807, 2.05) is 91.8 Å². The first kappa shape index (κ1) is 38.9. The highest BCUT2D eigenvalue weighted by molar-refractivity contribution is 5.92. The molecule has 4 heteroatoms. The molecule has 0 N–H and O–H groups in total. The van der Waals surface area contributed by atoms with Crippen molar-refractivity contribution in [3.8, 4) is 0 Å². The van der Waals surface area contributed by atoms with Crippen LogP contribution in [0.25, 0.3) is 0 Å². The molecule has 0 saturated carbocycles. The van der Waals surface area contributed by atoms with Crippen molar-refractivity contribution in [2.75, 3.05) is 13.2 Å². The van der Waals surface area contributed by atoms with Crippen LogP contribution in [0.2, 0.25) is 0 Å². The van der Waals surface area contributed by atoms with Crippen molar-refractivity contribution < 1.29 is 19.1 Å². The van der Waals surface area contributed by atoms with Crippen molar-refractivity contribution in [1.82, 2.24) is 0 Å². The average Bonchev–Trinajstić information content (AvgIpc) is 2.88. The number of esters is 2. The van der Waals surface area contributed by atoms with Crippen molar-refractivity contribution in [3.05, 3.63) is 121 Å². The van der Waals surface area contributed by atoms with Crippen LogP contribution in [0.3, 0.4) is 0 Å². The molecule has 0 aliphatic heterocycles. The van der Waals surface area contributed by atoms with E-state index in [1.54, 1.807) is 36.4 Å². The fourth-order valence-electron chi connectivity index (χ4n) is 2.80. The average molecular weight is 523 g/mol. The van der Waals surface area contributed by atoms with Gasteiger partial charge in [-0.1, -0.05) is 88.4 Å². The SMILES string of the molecule is C=CC.C=CC.C=CC.C=CC.CC(C)c1ccccc1C(=O)OCCOC(=O)c1ccccc1C(C)C. The Kier molecular flexibility index (Phi) is 27.0. The Bertz CT molecular complexity index is 850. The molecule has 0 aliphatic rings. The van der Waals surface area contributed by atoms with E-state index in [-0.39, 0.29) is 25.0 Å². The molecule has 0 fully saturated rings. The first-order valence-corrected chi connectivity index (χ1v) is 12.9. The second-order valence-corrected chi connectivity index (χ2v) is 8.39. The van der Waals surface area contributed by atoms with Crippen LogP contribution in [0.5, 0.6) is 0 Å². The van der Waals surface area contributed by atoms with E-state index >= 15 is 0 Å². The van der Waals surface area contributed by atoms with Crippen LogP contribution in [0.1, 0.15) is 99.1 Å². The van der Waals surface area contributed by atoms with Gasteiger partial charge in [0, 0.05) is 0 Å². The molecular formula is C34H50O4. The molecular weight excluding hydrogens is 472 g/mol. The van der Waals surface area contributed by atoms with Gasteiger partial charge in [0.2, 0.25) is 0 Å². The zero-order valence-electron chi connectivity index (χ0n) is 25.0. The molecule has 0 aliphatic carbocycles. The number of ether oxygens (including phenoxy) is 2. The second-order valence-electron chi connectivity index (χ2n) is 8.39. The third-order valence-corrected chi connectivity index (χ3v) is 4.16. The molecule has 0 saturated heterocycles. The summed E-state index contributed by atoms with van der Waals surface area (Å²) in [6.45, 7) is 29.2. The van der Waals surface area contributed by atoms with Crippen LogP contribution in [-0.4, -0.2) is 25.2 Å². The van der Waals surface area contributed by atoms with Gasteiger partial charge < -0.3 is 9.47 Å². The number of hydrogen-bond donors (Lipinski definition) is 0. The largest absolute Gasteiger partial charge is 0.458 e. The van der Waals surface area contributed by atoms with Crippen LogP contribution >= 0.6 is 0 Å². The molecule has 0 spiro atoms. The Morgan fingerprint density at radius 2 is 0.842 bits per heavy atom. The van der Waals surface area contributed by atoms with Gasteiger partial charge in [-0.3, -0.25) is 0 Å². The predicted octanol–water partition coefficient (Wildman–Crippen LogP) is 9.72. The lowest BCUT2D eigenvalue weighted by Crippen LogP contribution is -2.16. The Labute approximate surface area is 232 Å². The maximum atomic E-state index is 12.3. The minimum atomic E-state index is -0.395. The quantitative estimate of drug-likeness (QED) is 0.206. The summed E-state index contributed by atoms with van der Waals surface area (Å²) in [5, 5.41) is 0. The van der Waals surface area contributed by atoms with Gasteiger partial charge in [0.25, 0.3) is 0 Å². The van der Waals surface area contributed by atoms with E-state index < -0.39 is 11.9 Å². The van der Waals surface area contributed by atoms with Gasteiger partial charge in [0.1, 0.15) is 13.2 Å². The molecule has 0 atom stereocenters. The lowest BCUT2D eigenvalue weighted by atomic mass is 9.97. The van der Waals surface area contributed by atoms with Gasteiger partial charge in [-0.25, -0.2) is 9.59 Å². The summed E-state index contributed by atoms with van der Waals surface area (Å²) in [6.07, 6.45) is 7.00. The summed E-state index contributed by atoms with van der Waals surface area (Å²) in [7, 11) is 0. The monoisotopic (exact) mass is 522 g/mol. The Morgan fingerprint density at radius 1 is 0.605 bits per heavy atom. The highest BCUT2D eigenvalue weighted by atomic mass is 16.6. The minimum Gasteiger partial charge on any atom is -0.458 e. The van der Waals surface area contributed by atoms with Gasteiger partial charge in [0.05, 0.1) is 11.1 Å². The molecule has 0 radical (unpaired) electrons. The van der Waals surface area contributed by atoms with Crippen LogP contribution in [-0.2, 0) is 9.47 Å². The molecule has 38 heavy (non-hydrogen) atoms. The van der Waals surface area contributed by atoms with Gasteiger partial charge >= 0.3 is 11.9 Å². The van der Waals surface area contributed by atoms with E-state index in [1.165, 1.54) is 0 Å². The zero-order valence-corrected chi connectivity index (χ0v) is 25.0. The standard InChI is InChI=1S/C22H26O4.4C3H6/c1-15(2)17-9-5-7-11-19(17)21(23)25-13-14-26-22(24)20-12-8-6-10-18(20)16(3)4;4*1-3-2/h5-12,15-16H,13-14H2,1-4H3;4*3H,1H2,2H3. The molecule has 4 nitrogen and oxygen atoms in total. The van der Waals surface area contributed by atoms with Crippen LogP contribution in [0.4, 0.5) is 0 Å². The zero-order chi connectivity index (χ0) is 29.9. The van der Waals surface area contributed by atoms with Gasteiger partial charge in [-0.15, -0.1) is 26.3 Å². The molecule has 0 bridgehead atoms. The number of carbonyl (C=O) groups excluding carboxylic acids is 2. The normalized spacial score (nSPS) is 8.79. The van der Waals surface area contributed by atoms with Crippen molar-refractivity contribution in [1.29, 1.82) is 0 Å². The van der Waals surface area contributed by atoms with Gasteiger partial charge in [-0.2, -0.15) is 0 Å². The predicted molar refractivity (Wildman–Crippen MR) is 165 cm³/mol. The Hall–Kier alpha value is -3.66. The second kappa shape index (κ2) is 26.4. The third-order valence-electron chi connectivity index (χ3n) is 4.16. The number of carbonyl (C=O) groups is 2. The number of rotatable bonds is 7. The van der Waals surface area contributed by atoms with Gasteiger partial charge in [-0.05, 0) is 62.8 Å². The maximum Gasteiger partial charge on any atom is 0.338 e. The van der Waals surface area contributed by atoms with E-state index in [0.717, 1.165) is 11.1 Å². The van der Waals surface area contributed by atoms with E-state index in [9.17, 15) is 9.59 Å². The van der Waals surface area contributed by atoms with E-state index in [4.69, 9.17) is 9.47 Å². The summed E-state index contributed by atoms with van der Waals surface area (Å²) in [5.74, 6) is -0.339. The molecule has 0 amide bonds. The minimum absolute atomic E-state index is 0.0286. The third kappa shape index (κ3) is 18.6. The van der Waals surface area contributed by atoms with E-state index in [2.05, 4.69) is 26.3 Å². The molecule has 0 heterocycles. The summed E-state index contributed by atoms with van der Waals surface area (Å²) < 4.78 is 10.5. The molecule has 210 valence electrons. The number of hydrogen-bond acceptors (Lipinski definition) is 4. The van der Waals surface area contributed by atoms with E-state index in [0.29, 0.717) is 11.1 Å².